The molecule has 0 aliphatic heterocycles. The summed E-state index contributed by atoms with van der Waals surface area (Å²) in [5.74, 6) is 0.697. The van der Waals surface area contributed by atoms with E-state index in [0.717, 1.165) is 5.56 Å². The Hall–Kier alpha value is -2.22. The number of hydrogen-bond acceptors (Lipinski definition) is 7. The van der Waals surface area contributed by atoms with Crippen LogP contribution in [0.3, 0.4) is 0 Å². The van der Waals surface area contributed by atoms with Crippen LogP contribution in [0.2, 0.25) is 0 Å². The fourth-order valence-corrected chi connectivity index (χ4v) is 3.00. The highest BCUT2D eigenvalue weighted by Crippen LogP contribution is 2.29. The Morgan fingerprint density at radius 3 is 2.65 bits per heavy atom. The molecule has 0 fully saturated rings. The maximum atomic E-state index is 12.3. The van der Waals surface area contributed by atoms with Crippen molar-refractivity contribution in [1.82, 2.24) is 10.1 Å². The van der Waals surface area contributed by atoms with Crippen LogP contribution in [0.1, 0.15) is 61.6 Å². The monoisotopic (exact) mass is 379 g/mol. The molecule has 0 radical (unpaired) electrons. The number of anilines is 1. The molecule has 2 aromatic rings. The van der Waals surface area contributed by atoms with Crippen molar-refractivity contribution in [3.63, 3.8) is 0 Å². The summed E-state index contributed by atoms with van der Waals surface area (Å²) in [6, 6.07) is 1.76. The summed E-state index contributed by atoms with van der Waals surface area (Å²) in [6.45, 7) is 11.3. The standard InChI is InChI=1S/C18H25N3O4S/c1-10(2)7-12-19-13(25-21-12)9-24-16(22)15-11(3)8-14(26-15)20-17(23)18(4,5)6/h8,10H,7,9H2,1-6H3,(H,20,23). The van der Waals surface area contributed by atoms with Gasteiger partial charge in [-0.3, -0.25) is 4.79 Å². The van der Waals surface area contributed by atoms with E-state index in [1.54, 1.807) is 13.0 Å². The number of aryl methyl sites for hydroxylation is 1. The molecule has 0 aliphatic carbocycles. The zero-order valence-electron chi connectivity index (χ0n) is 16.0. The summed E-state index contributed by atoms with van der Waals surface area (Å²) in [7, 11) is 0. The SMILES string of the molecule is Cc1cc(NC(=O)C(C)(C)C)sc1C(=O)OCc1nc(CC(C)C)no1. The molecular formula is C18H25N3O4S. The molecule has 0 aliphatic rings. The quantitative estimate of drug-likeness (QED) is 0.763. The highest BCUT2D eigenvalue weighted by atomic mass is 32.1. The van der Waals surface area contributed by atoms with Gasteiger partial charge in [0.1, 0.15) is 4.88 Å². The first kappa shape index (κ1) is 20.1. The van der Waals surface area contributed by atoms with Gasteiger partial charge in [0.15, 0.2) is 12.4 Å². The number of nitrogens with zero attached hydrogens (tertiary/aromatic N) is 2. The van der Waals surface area contributed by atoms with Crippen molar-refractivity contribution < 1.29 is 18.8 Å². The minimum absolute atomic E-state index is 0.0784. The maximum Gasteiger partial charge on any atom is 0.349 e. The van der Waals surface area contributed by atoms with Crippen LogP contribution >= 0.6 is 11.3 Å². The number of aromatic nitrogens is 2. The summed E-state index contributed by atoms with van der Waals surface area (Å²) in [6.07, 6.45) is 0.707. The summed E-state index contributed by atoms with van der Waals surface area (Å²) in [4.78, 5) is 29.0. The van der Waals surface area contributed by atoms with E-state index < -0.39 is 11.4 Å². The van der Waals surface area contributed by atoms with Gasteiger partial charge in [0, 0.05) is 11.8 Å². The summed E-state index contributed by atoms with van der Waals surface area (Å²) < 4.78 is 10.3. The Morgan fingerprint density at radius 2 is 2.04 bits per heavy atom. The van der Waals surface area contributed by atoms with Crippen molar-refractivity contribution in [2.75, 3.05) is 5.32 Å². The minimum Gasteiger partial charge on any atom is -0.451 e. The first-order valence-electron chi connectivity index (χ1n) is 8.46. The smallest absolute Gasteiger partial charge is 0.349 e. The summed E-state index contributed by atoms with van der Waals surface area (Å²) >= 11 is 1.19. The molecule has 0 aromatic carbocycles. The Kier molecular flexibility index (Phi) is 6.17. The zero-order valence-corrected chi connectivity index (χ0v) is 16.8. The lowest BCUT2D eigenvalue weighted by molar-refractivity contribution is -0.123. The lowest BCUT2D eigenvalue weighted by atomic mass is 9.96. The van der Waals surface area contributed by atoms with Crippen LogP contribution in [0.15, 0.2) is 10.6 Å². The predicted molar refractivity (Wildman–Crippen MR) is 99.1 cm³/mol. The van der Waals surface area contributed by atoms with E-state index in [2.05, 4.69) is 29.3 Å². The predicted octanol–water partition coefficient (Wildman–Crippen LogP) is 3.98. The molecule has 8 heteroatoms. The molecule has 1 N–H and O–H groups in total. The van der Waals surface area contributed by atoms with Crippen LogP contribution < -0.4 is 5.32 Å². The first-order chi connectivity index (χ1) is 12.1. The van der Waals surface area contributed by atoms with E-state index in [-0.39, 0.29) is 18.4 Å². The topological polar surface area (TPSA) is 94.3 Å². The lowest BCUT2D eigenvalue weighted by Crippen LogP contribution is -2.27. The molecule has 2 rings (SSSR count). The van der Waals surface area contributed by atoms with Gasteiger partial charge in [0.25, 0.3) is 5.89 Å². The fourth-order valence-electron chi connectivity index (χ4n) is 2.04. The summed E-state index contributed by atoms with van der Waals surface area (Å²) in [5.41, 5.74) is 0.236. The lowest BCUT2D eigenvalue weighted by Gasteiger charge is -2.16. The minimum atomic E-state index is -0.510. The Bertz CT molecular complexity index is 787. The largest absolute Gasteiger partial charge is 0.451 e. The third-order valence-electron chi connectivity index (χ3n) is 3.45. The molecule has 0 bridgehead atoms. The van der Waals surface area contributed by atoms with Crippen LogP contribution in [0, 0.1) is 18.3 Å². The average molecular weight is 379 g/mol. The first-order valence-corrected chi connectivity index (χ1v) is 9.28. The van der Waals surface area contributed by atoms with Crippen LogP contribution in [0.25, 0.3) is 0 Å². The van der Waals surface area contributed by atoms with Gasteiger partial charge in [0.05, 0.1) is 5.00 Å². The van der Waals surface area contributed by atoms with E-state index in [9.17, 15) is 9.59 Å². The number of carbonyl (C=O) groups excluding carboxylic acids is 2. The third kappa shape index (κ3) is 5.39. The molecular weight excluding hydrogens is 354 g/mol. The van der Waals surface area contributed by atoms with Gasteiger partial charge in [-0.15, -0.1) is 11.3 Å². The summed E-state index contributed by atoms with van der Waals surface area (Å²) in [5, 5.41) is 7.30. The Labute approximate surface area is 157 Å². The van der Waals surface area contributed by atoms with Crippen LogP contribution in [0.4, 0.5) is 5.00 Å². The van der Waals surface area contributed by atoms with Crippen molar-refractivity contribution in [3.05, 3.63) is 28.2 Å². The van der Waals surface area contributed by atoms with Crippen LogP contribution in [-0.4, -0.2) is 22.0 Å². The van der Waals surface area contributed by atoms with E-state index in [4.69, 9.17) is 9.26 Å². The molecule has 0 atom stereocenters. The van der Waals surface area contributed by atoms with Crippen molar-refractivity contribution in [2.24, 2.45) is 11.3 Å². The van der Waals surface area contributed by atoms with Gasteiger partial charge < -0.3 is 14.6 Å². The number of esters is 1. The van der Waals surface area contributed by atoms with Gasteiger partial charge >= 0.3 is 5.97 Å². The number of rotatable bonds is 6. The van der Waals surface area contributed by atoms with E-state index in [1.165, 1.54) is 11.3 Å². The average Bonchev–Trinajstić information content (AvgIpc) is 3.10. The molecule has 0 unspecified atom stereocenters. The highest BCUT2D eigenvalue weighted by molar-refractivity contribution is 7.18. The molecule has 2 aromatic heterocycles. The van der Waals surface area contributed by atoms with Gasteiger partial charge in [-0.05, 0) is 24.5 Å². The number of thiophene rings is 1. The third-order valence-corrected chi connectivity index (χ3v) is 4.58. The number of amides is 1. The number of nitrogens with one attached hydrogen (secondary N) is 1. The second-order valence-corrected chi connectivity index (χ2v) is 8.66. The van der Waals surface area contributed by atoms with E-state index in [1.807, 2.05) is 20.8 Å². The molecule has 0 saturated carbocycles. The molecule has 0 saturated heterocycles. The Morgan fingerprint density at radius 1 is 1.35 bits per heavy atom. The van der Waals surface area contributed by atoms with E-state index in [0.29, 0.717) is 28.0 Å². The van der Waals surface area contributed by atoms with Gasteiger partial charge in [-0.25, -0.2) is 4.79 Å². The molecule has 0 spiro atoms. The van der Waals surface area contributed by atoms with Crippen molar-refractivity contribution >= 4 is 28.2 Å². The second kappa shape index (κ2) is 7.99. The van der Waals surface area contributed by atoms with Crippen molar-refractivity contribution in [2.45, 2.75) is 54.6 Å². The van der Waals surface area contributed by atoms with Gasteiger partial charge in [-0.1, -0.05) is 39.8 Å². The van der Waals surface area contributed by atoms with E-state index >= 15 is 0 Å². The molecule has 1 amide bonds. The Balaban J connectivity index is 1.97. The van der Waals surface area contributed by atoms with Crippen molar-refractivity contribution in [1.29, 1.82) is 0 Å². The fraction of sp³-hybridized carbons (Fsp3) is 0.556. The van der Waals surface area contributed by atoms with Gasteiger partial charge in [-0.2, -0.15) is 4.98 Å². The number of hydrogen-bond donors (Lipinski definition) is 1. The highest BCUT2D eigenvalue weighted by Gasteiger charge is 2.23. The molecule has 2 heterocycles. The van der Waals surface area contributed by atoms with Crippen LogP contribution in [-0.2, 0) is 22.6 Å². The second-order valence-electron chi connectivity index (χ2n) is 7.61. The van der Waals surface area contributed by atoms with Gasteiger partial charge in [0.2, 0.25) is 5.91 Å². The van der Waals surface area contributed by atoms with Crippen molar-refractivity contribution in [3.8, 4) is 0 Å². The molecule has 142 valence electrons. The van der Waals surface area contributed by atoms with Crippen LogP contribution in [0.5, 0.6) is 0 Å². The number of carbonyl (C=O) groups is 2. The molecule has 7 nitrogen and oxygen atoms in total. The molecule has 26 heavy (non-hydrogen) atoms. The number of ether oxygens (including phenoxy) is 1. The zero-order chi connectivity index (χ0) is 19.5. The normalized spacial score (nSPS) is 11.7. The maximum absolute atomic E-state index is 12.3.